The minimum absolute atomic E-state index is 0.147. The number of nitrogens with one attached hydrogen (secondary N) is 1. The zero-order chi connectivity index (χ0) is 15.5. The molecule has 0 saturated heterocycles. The van der Waals surface area contributed by atoms with Crippen molar-refractivity contribution in [3.8, 4) is 0 Å². The SMILES string of the molecule is CCN(c1cccc(C)c1)S(=O)(=O)c1ccnc(NN)c1. The Morgan fingerprint density at radius 3 is 2.67 bits per heavy atom. The van der Waals surface area contributed by atoms with Crippen LogP contribution in [0.15, 0.2) is 47.5 Å². The highest BCUT2D eigenvalue weighted by Gasteiger charge is 2.24. The van der Waals surface area contributed by atoms with Gasteiger partial charge in [0.1, 0.15) is 5.82 Å². The third-order valence-corrected chi connectivity index (χ3v) is 4.94. The van der Waals surface area contributed by atoms with Crippen LogP contribution in [0.3, 0.4) is 0 Å². The van der Waals surface area contributed by atoms with E-state index in [0.29, 0.717) is 18.1 Å². The average molecular weight is 306 g/mol. The lowest BCUT2D eigenvalue weighted by atomic mass is 10.2. The molecule has 2 aromatic rings. The first-order valence-electron chi connectivity index (χ1n) is 6.51. The number of benzene rings is 1. The highest BCUT2D eigenvalue weighted by Crippen LogP contribution is 2.24. The maximum atomic E-state index is 12.8. The van der Waals surface area contributed by atoms with Crippen molar-refractivity contribution in [2.45, 2.75) is 18.7 Å². The Labute approximate surface area is 124 Å². The van der Waals surface area contributed by atoms with E-state index in [-0.39, 0.29) is 4.90 Å². The van der Waals surface area contributed by atoms with Crippen LogP contribution in [-0.4, -0.2) is 19.9 Å². The molecule has 0 aliphatic rings. The molecule has 3 N–H and O–H groups in total. The molecule has 7 heteroatoms. The molecule has 112 valence electrons. The Morgan fingerprint density at radius 1 is 1.29 bits per heavy atom. The van der Waals surface area contributed by atoms with Crippen molar-refractivity contribution in [2.75, 3.05) is 16.3 Å². The molecule has 0 saturated carbocycles. The van der Waals surface area contributed by atoms with Crippen LogP contribution < -0.4 is 15.6 Å². The molecule has 0 aliphatic carbocycles. The topological polar surface area (TPSA) is 88.3 Å². The van der Waals surface area contributed by atoms with Crippen LogP contribution >= 0.6 is 0 Å². The van der Waals surface area contributed by atoms with E-state index in [1.54, 1.807) is 13.0 Å². The van der Waals surface area contributed by atoms with E-state index in [0.717, 1.165) is 5.56 Å². The molecule has 0 unspecified atom stereocenters. The maximum absolute atomic E-state index is 12.8. The van der Waals surface area contributed by atoms with Gasteiger partial charge < -0.3 is 5.43 Å². The number of nitrogens with zero attached hydrogens (tertiary/aromatic N) is 2. The van der Waals surface area contributed by atoms with Gasteiger partial charge in [-0.15, -0.1) is 0 Å². The first-order valence-corrected chi connectivity index (χ1v) is 7.95. The molecule has 1 aromatic heterocycles. The molecule has 1 aromatic carbocycles. The molecule has 0 bridgehead atoms. The van der Waals surface area contributed by atoms with Crippen molar-refractivity contribution < 1.29 is 8.42 Å². The molecule has 21 heavy (non-hydrogen) atoms. The summed E-state index contributed by atoms with van der Waals surface area (Å²) in [4.78, 5) is 4.07. The van der Waals surface area contributed by atoms with Gasteiger partial charge in [0.05, 0.1) is 10.6 Å². The van der Waals surface area contributed by atoms with Crippen LogP contribution in [0.2, 0.25) is 0 Å². The van der Waals surface area contributed by atoms with Gasteiger partial charge in [-0.3, -0.25) is 4.31 Å². The summed E-state index contributed by atoms with van der Waals surface area (Å²) in [6.45, 7) is 4.05. The van der Waals surface area contributed by atoms with E-state index >= 15 is 0 Å². The van der Waals surface area contributed by atoms with Gasteiger partial charge in [-0.2, -0.15) is 0 Å². The Balaban J connectivity index is 2.49. The Morgan fingerprint density at radius 2 is 2.05 bits per heavy atom. The fraction of sp³-hybridized carbons (Fsp3) is 0.214. The van der Waals surface area contributed by atoms with Crippen molar-refractivity contribution >= 4 is 21.5 Å². The normalized spacial score (nSPS) is 11.2. The monoisotopic (exact) mass is 306 g/mol. The molecule has 0 radical (unpaired) electrons. The molecule has 0 spiro atoms. The molecule has 0 fully saturated rings. The Kier molecular flexibility index (Phi) is 4.44. The van der Waals surface area contributed by atoms with E-state index in [2.05, 4.69) is 10.4 Å². The average Bonchev–Trinajstić information content (AvgIpc) is 2.48. The van der Waals surface area contributed by atoms with Crippen LogP contribution in [0.5, 0.6) is 0 Å². The van der Waals surface area contributed by atoms with Gasteiger partial charge in [0.25, 0.3) is 10.0 Å². The summed E-state index contributed by atoms with van der Waals surface area (Å²) < 4.78 is 26.9. The lowest BCUT2D eigenvalue weighted by Gasteiger charge is -2.23. The Bertz CT molecular complexity index is 731. The van der Waals surface area contributed by atoms with E-state index in [9.17, 15) is 8.42 Å². The predicted octanol–water partition coefficient (Wildman–Crippen LogP) is 1.89. The molecule has 0 atom stereocenters. The summed E-state index contributed by atoms with van der Waals surface area (Å²) in [5, 5.41) is 0. The highest BCUT2D eigenvalue weighted by molar-refractivity contribution is 7.92. The summed E-state index contributed by atoms with van der Waals surface area (Å²) >= 11 is 0. The molecule has 1 heterocycles. The third-order valence-electron chi connectivity index (χ3n) is 3.04. The number of hydrogen-bond acceptors (Lipinski definition) is 5. The number of anilines is 2. The number of pyridine rings is 1. The Hall–Kier alpha value is -2.12. The minimum Gasteiger partial charge on any atom is -0.308 e. The first kappa shape index (κ1) is 15.3. The van der Waals surface area contributed by atoms with Crippen molar-refractivity contribution in [3.63, 3.8) is 0 Å². The van der Waals surface area contributed by atoms with E-state index in [1.165, 1.54) is 22.6 Å². The second kappa shape index (κ2) is 6.11. The van der Waals surface area contributed by atoms with Gasteiger partial charge in [-0.1, -0.05) is 12.1 Å². The fourth-order valence-corrected chi connectivity index (χ4v) is 3.53. The number of nitrogen functional groups attached to an aromatic ring is 1. The number of sulfonamides is 1. The van der Waals surface area contributed by atoms with Gasteiger partial charge >= 0.3 is 0 Å². The van der Waals surface area contributed by atoms with Crippen LogP contribution in [0.1, 0.15) is 12.5 Å². The van der Waals surface area contributed by atoms with Gasteiger partial charge in [0.2, 0.25) is 0 Å². The van der Waals surface area contributed by atoms with Gasteiger partial charge in [0.15, 0.2) is 0 Å². The van der Waals surface area contributed by atoms with E-state index in [1.807, 2.05) is 25.1 Å². The third kappa shape index (κ3) is 3.14. The van der Waals surface area contributed by atoms with Crippen LogP contribution in [0, 0.1) is 6.92 Å². The molecule has 0 amide bonds. The van der Waals surface area contributed by atoms with Crippen molar-refractivity contribution in [2.24, 2.45) is 5.84 Å². The smallest absolute Gasteiger partial charge is 0.264 e. The van der Waals surface area contributed by atoms with Crippen molar-refractivity contribution in [3.05, 3.63) is 48.2 Å². The quantitative estimate of drug-likeness (QED) is 0.650. The number of aromatic nitrogens is 1. The summed E-state index contributed by atoms with van der Waals surface area (Å²) in [6, 6.07) is 10.2. The molecular weight excluding hydrogens is 288 g/mol. The standard InChI is InChI=1S/C14H18N4O2S/c1-3-18(12-6-4-5-11(2)9-12)21(19,20)13-7-8-16-14(10-13)17-15/h4-10H,3,15H2,1-2H3,(H,16,17). The summed E-state index contributed by atoms with van der Waals surface area (Å²) in [7, 11) is -3.66. The van der Waals surface area contributed by atoms with Crippen molar-refractivity contribution in [1.29, 1.82) is 0 Å². The molecule has 6 nitrogen and oxygen atoms in total. The largest absolute Gasteiger partial charge is 0.308 e. The molecular formula is C14H18N4O2S. The van der Waals surface area contributed by atoms with E-state index in [4.69, 9.17) is 5.84 Å². The number of nitrogens with two attached hydrogens (primary N) is 1. The zero-order valence-corrected chi connectivity index (χ0v) is 12.8. The second-order valence-electron chi connectivity index (χ2n) is 4.53. The molecule has 0 aliphatic heterocycles. The molecule has 2 rings (SSSR count). The first-order chi connectivity index (χ1) is 9.98. The van der Waals surface area contributed by atoms with E-state index < -0.39 is 10.0 Å². The van der Waals surface area contributed by atoms with Gasteiger partial charge in [-0.25, -0.2) is 19.2 Å². The van der Waals surface area contributed by atoms with Gasteiger partial charge in [0, 0.05) is 18.8 Å². The summed E-state index contributed by atoms with van der Waals surface area (Å²) in [5.41, 5.74) is 3.99. The number of rotatable bonds is 5. The summed E-state index contributed by atoms with van der Waals surface area (Å²) in [6.07, 6.45) is 1.41. The van der Waals surface area contributed by atoms with Crippen LogP contribution in [-0.2, 0) is 10.0 Å². The van der Waals surface area contributed by atoms with Crippen LogP contribution in [0.25, 0.3) is 0 Å². The van der Waals surface area contributed by atoms with Crippen LogP contribution in [0.4, 0.5) is 11.5 Å². The minimum atomic E-state index is -3.66. The number of hydrogen-bond donors (Lipinski definition) is 2. The fourth-order valence-electron chi connectivity index (χ4n) is 2.05. The highest BCUT2D eigenvalue weighted by atomic mass is 32.2. The summed E-state index contributed by atoms with van der Waals surface area (Å²) in [5.74, 6) is 5.58. The number of hydrazine groups is 1. The lowest BCUT2D eigenvalue weighted by molar-refractivity contribution is 0.591. The number of aryl methyl sites for hydroxylation is 1. The maximum Gasteiger partial charge on any atom is 0.264 e. The van der Waals surface area contributed by atoms with Gasteiger partial charge in [-0.05, 0) is 37.6 Å². The van der Waals surface area contributed by atoms with Crippen molar-refractivity contribution in [1.82, 2.24) is 4.98 Å². The zero-order valence-electron chi connectivity index (χ0n) is 11.9. The lowest BCUT2D eigenvalue weighted by Crippen LogP contribution is -2.31. The second-order valence-corrected chi connectivity index (χ2v) is 6.39. The predicted molar refractivity (Wildman–Crippen MR) is 83.4 cm³/mol.